The Morgan fingerprint density at radius 3 is 2.72 bits per heavy atom. The zero-order valence-electron chi connectivity index (χ0n) is 15.3. The Bertz CT molecular complexity index is 1180. The smallest absolute Gasteiger partial charge is 0.190 e. The second kappa shape index (κ2) is 8.84. The number of benzene rings is 2. The van der Waals surface area contributed by atoms with Gasteiger partial charge in [0, 0.05) is 47.0 Å². The van der Waals surface area contributed by atoms with Crippen molar-refractivity contribution < 1.29 is 8.78 Å². The van der Waals surface area contributed by atoms with Crippen LogP contribution in [-0.4, -0.2) is 14.1 Å². The molecule has 0 amide bonds. The summed E-state index contributed by atoms with van der Waals surface area (Å²) in [5, 5.41) is 2.01. The van der Waals surface area contributed by atoms with Crippen molar-refractivity contribution in [3.05, 3.63) is 87.5 Å². The Balaban J connectivity index is 1.74. The van der Waals surface area contributed by atoms with Crippen LogP contribution in [0.15, 0.2) is 76.0 Å². The van der Waals surface area contributed by atoms with Gasteiger partial charge in [-0.05, 0) is 24.6 Å². The van der Waals surface area contributed by atoms with Crippen LogP contribution in [0.5, 0.6) is 0 Å². The number of aromatic nitrogens is 3. The molecule has 0 fully saturated rings. The molecule has 0 unspecified atom stereocenters. The van der Waals surface area contributed by atoms with E-state index in [2.05, 4.69) is 30.5 Å². The van der Waals surface area contributed by atoms with Gasteiger partial charge in [-0.1, -0.05) is 34.1 Å². The molecular formula is C21H17BrF2N4S. The highest BCUT2D eigenvalue weighted by atomic mass is 79.9. The second-order valence-electron chi connectivity index (χ2n) is 6.40. The summed E-state index contributed by atoms with van der Waals surface area (Å²) < 4.78 is 32.4. The van der Waals surface area contributed by atoms with Gasteiger partial charge in [0.25, 0.3) is 0 Å². The molecule has 2 aromatic carbocycles. The first kappa shape index (κ1) is 19.7. The number of thiazole rings is 1. The van der Waals surface area contributed by atoms with Crippen LogP contribution >= 0.6 is 27.3 Å². The van der Waals surface area contributed by atoms with Crippen molar-refractivity contribution in [2.24, 2.45) is 4.99 Å². The van der Waals surface area contributed by atoms with Crippen molar-refractivity contribution in [2.45, 2.75) is 19.5 Å². The average Bonchev–Trinajstić information content (AvgIpc) is 3.35. The average molecular weight is 475 g/mol. The fourth-order valence-electron chi connectivity index (χ4n) is 3.02. The molecule has 4 nitrogen and oxygen atoms in total. The number of hydrogen-bond donors (Lipinski definition) is 0. The van der Waals surface area contributed by atoms with Crippen LogP contribution in [-0.2, 0) is 13.1 Å². The van der Waals surface area contributed by atoms with Gasteiger partial charge in [-0.15, -0.1) is 11.3 Å². The van der Waals surface area contributed by atoms with Gasteiger partial charge in [0.15, 0.2) is 10.6 Å². The minimum absolute atomic E-state index is 0.121. The summed E-state index contributed by atoms with van der Waals surface area (Å²) in [6.07, 6.45) is 6.31. The lowest BCUT2D eigenvalue weighted by Gasteiger charge is -2.11. The maximum atomic E-state index is 14.1. The molecule has 148 valence electrons. The van der Waals surface area contributed by atoms with Gasteiger partial charge in [0.1, 0.15) is 11.5 Å². The summed E-state index contributed by atoms with van der Waals surface area (Å²) in [7, 11) is 0. The van der Waals surface area contributed by atoms with Crippen LogP contribution in [0, 0.1) is 11.6 Å². The molecular weight excluding hydrogens is 458 g/mol. The summed E-state index contributed by atoms with van der Waals surface area (Å²) in [5.41, 5.74) is 2.15. The van der Waals surface area contributed by atoms with E-state index < -0.39 is 11.6 Å². The summed E-state index contributed by atoms with van der Waals surface area (Å²) in [6, 6.07) is 11.4. The molecule has 29 heavy (non-hydrogen) atoms. The molecule has 8 heteroatoms. The molecule has 4 rings (SSSR count). The third-order valence-corrected chi connectivity index (χ3v) is 5.99. The largest absolute Gasteiger partial charge is 0.337 e. The summed E-state index contributed by atoms with van der Waals surface area (Å²) in [6.45, 7) is 1.50. The molecule has 0 N–H and O–H groups in total. The van der Waals surface area contributed by atoms with E-state index in [4.69, 9.17) is 0 Å². The van der Waals surface area contributed by atoms with Crippen molar-refractivity contribution >= 4 is 33.0 Å². The van der Waals surface area contributed by atoms with E-state index in [1.807, 2.05) is 40.4 Å². The summed E-state index contributed by atoms with van der Waals surface area (Å²) in [4.78, 5) is 9.20. The van der Waals surface area contributed by atoms with E-state index in [0.29, 0.717) is 11.3 Å². The Hall–Kier alpha value is -2.58. The monoisotopic (exact) mass is 474 g/mol. The van der Waals surface area contributed by atoms with Gasteiger partial charge >= 0.3 is 0 Å². The molecule has 0 saturated heterocycles. The predicted molar refractivity (Wildman–Crippen MR) is 114 cm³/mol. The maximum Gasteiger partial charge on any atom is 0.190 e. The minimum Gasteiger partial charge on any atom is -0.337 e. The summed E-state index contributed by atoms with van der Waals surface area (Å²) >= 11 is 5.04. The van der Waals surface area contributed by atoms with Crippen molar-refractivity contribution in [2.75, 3.05) is 0 Å². The molecule has 0 aliphatic rings. The van der Waals surface area contributed by atoms with E-state index in [0.717, 1.165) is 34.8 Å². The first-order valence-corrected chi connectivity index (χ1v) is 10.7. The van der Waals surface area contributed by atoms with Gasteiger partial charge in [-0.3, -0.25) is 0 Å². The third-order valence-electron chi connectivity index (χ3n) is 4.43. The summed E-state index contributed by atoms with van der Waals surface area (Å²) in [5.74, 6) is -1.29. The maximum absolute atomic E-state index is 14.1. The van der Waals surface area contributed by atoms with Crippen LogP contribution in [0.3, 0.4) is 0 Å². The zero-order valence-corrected chi connectivity index (χ0v) is 17.7. The molecule has 0 aliphatic carbocycles. The molecule has 0 aliphatic heterocycles. The molecule has 0 atom stereocenters. The lowest BCUT2D eigenvalue weighted by Crippen LogP contribution is -2.17. The fraction of sp³-hybridized carbons (Fsp3) is 0.143. The second-order valence-corrected chi connectivity index (χ2v) is 8.09. The number of aryl methyl sites for hydroxylation is 1. The van der Waals surface area contributed by atoms with Crippen LogP contribution in [0.1, 0.15) is 6.42 Å². The number of halogens is 3. The Morgan fingerprint density at radius 2 is 1.97 bits per heavy atom. The molecule has 0 spiro atoms. The Labute approximate surface area is 179 Å². The van der Waals surface area contributed by atoms with Crippen molar-refractivity contribution in [1.82, 2.24) is 14.1 Å². The topological polar surface area (TPSA) is 35.1 Å². The van der Waals surface area contributed by atoms with E-state index in [1.54, 1.807) is 12.5 Å². The predicted octanol–water partition coefficient (Wildman–Crippen LogP) is 5.78. The molecule has 2 aromatic heterocycles. The highest BCUT2D eigenvalue weighted by molar-refractivity contribution is 9.10. The SMILES string of the molecule is Fc1ccc(N=c2scc(-c3ccccc3Br)n2CCCn2ccnc2)c(F)c1. The zero-order chi connectivity index (χ0) is 20.2. The number of hydrogen-bond acceptors (Lipinski definition) is 3. The normalized spacial score (nSPS) is 11.9. The Kier molecular flexibility index (Phi) is 6.01. The quantitative estimate of drug-likeness (QED) is 0.349. The van der Waals surface area contributed by atoms with E-state index in [1.165, 1.54) is 23.5 Å². The van der Waals surface area contributed by atoms with E-state index in [-0.39, 0.29) is 5.69 Å². The first-order valence-electron chi connectivity index (χ1n) is 9.00. The fourth-order valence-corrected chi connectivity index (χ4v) is 4.45. The van der Waals surface area contributed by atoms with Gasteiger partial charge in [-0.2, -0.15) is 0 Å². The standard InChI is InChI=1S/C21H17BrF2N4S/c22-17-5-2-1-4-16(17)20-13-29-21(26-19-7-6-15(23)12-18(19)24)28(20)10-3-9-27-11-8-25-14-27/h1-2,4-8,11-14H,3,9-10H2. The lowest BCUT2D eigenvalue weighted by atomic mass is 10.2. The van der Waals surface area contributed by atoms with Gasteiger partial charge in [-0.25, -0.2) is 18.8 Å². The first-order chi connectivity index (χ1) is 14.1. The number of imidazole rings is 1. The van der Waals surface area contributed by atoms with Gasteiger partial charge in [0.05, 0.1) is 12.0 Å². The molecule has 0 radical (unpaired) electrons. The number of rotatable bonds is 6. The van der Waals surface area contributed by atoms with E-state index in [9.17, 15) is 8.78 Å². The van der Waals surface area contributed by atoms with Crippen LogP contribution in [0.2, 0.25) is 0 Å². The molecule has 0 saturated carbocycles. The molecule has 4 aromatic rings. The Morgan fingerprint density at radius 1 is 1.10 bits per heavy atom. The molecule has 0 bridgehead atoms. The van der Waals surface area contributed by atoms with E-state index >= 15 is 0 Å². The van der Waals surface area contributed by atoms with Gasteiger partial charge < -0.3 is 9.13 Å². The van der Waals surface area contributed by atoms with Crippen LogP contribution < -0.4 is 4.80 Å². The minimum atomic E-state index is -0.675. The highest BCUT2D eigenvalue weighted by Crippen LogP contribution is 2.29. The van der Waals surface area contributed by atoms with Crippen molar-refractivity contribution in [3.63, 3.8) is 0 Å². The van der Waals surface area contributed by atoms with Crippen molar-refractivity contribution in [1.29, 1.82) is 0 Å². The van der Waals surface area contributed by atoms with Gasteiger partial charge in [0.2, 0.25) is 0 Å². The lowest BCUT2D eigenvalue weighted by molar-refractivity contribution is 0.557. The third kappa shape index (κ3) is 4.54. The number of nitrogens with zero attached hydrogens (tertiary/aromatic N) is 4. The highest BCUT2D eigenvalue weighted by Gasteiger charge is 2.12. The van der Waals surface area contributed by atoms with Crippen LogP contribution in [0.4, 0.5) is 14.5 Å². The molecule has 2 heterocycles. The van der Waals surface area contributed by atoms with Crippen LogP contribution in [0.25, 0.3) is 11.3 Å². The van der Waals surface area contributed by atoms with Crippen molar-refractivity contribution in [3.8, 4) is 11.3 Å².